The van der Waals surface area contributed by atoms with Gasteiger partial charge in [0.15, 0.2) is 12.6 Å². The molecule has 2 aromatic carbocycles. The van der Waals surface area contributed by atoms with Gasteiger partial charge in [-0.3, -0.25) is 19.6 Å². The Morgan fingerprint density at radius 2 is 1.14 bits per heavy atom. The number of aliphatic imine (C=N–C) groups is 2. The minimum absolute atomic E-state index is 0.662. The van der Waals surface area contributed by atoms with Crippen LogP contribution in [0.3, 0.4) is 0 Å². The van der Waals surface area contributed by atoms with Gasteiger partial charge >= 0.3 is 0 Å². The smallest absolute Gasteiger partial charge is 0.161 e. The molecule has 2 aromatic rings. The lowest BCUT2D eigenvalue weighted by Crippen LogP contribution is -1.84. The standard InChI is InChI=1S/C18H16N2O2/c1-13-11-15(3-5-17(13)19-7-9-21)16-4-6-18(14(2)12-16)20-8-10-22/h3-12H,1-2H3. The van der Waals surface area contributed by atoms with E-state index in [1.54, 1.807) is 0 Å². The van der Waals surface area contributed by atoms with Gasteiger partial charge in [-0.05, 0) is 60.4 Å². The molecule has 0 aliphatic rings. The van der Waals surface area contributed by atoms with Crippen LogP contribution in [0.25, 0.3) is 11.1 Å². The molecule has 22 heavy (non-hydrogen) atoms. The van der Waals surface area contributed by atoms with Gasteiger partial charge in [0.05, 0.1) is 23.8 Å². The highest BCUT2D eigenvalue weighted by Crippen LogP contribution is 2.29. The Bertz CT molecular complexity index is 696. The Morgan fingerprint density at radius 3 is 1.45 bits per heavy atom. The number of carbonyl (C=O) groups is 2. The summed E-state index contributed by atoms with van der Waals surface area (Å²) < 4.78 is 0. The van der Waals surface area contributed by atoms with Gasteiger partial charge in [0.1, 0.15) is 0 Å². The van der Waals surface area contributed by atoms with Crippen LogP contribution in [0, 0.1) is 13.8 Å². The number of carbonyl (C=O) groups excluding carboxylic acids is 2. The Hall–Kier alpha value is -2.88. The Morgan fingerprint density at radius 1 is 0.727 bits per heavy atom. The van der Waals surface area contributed by atoms with Crippen LogP contribution in [0.15, 0.2) is 46.4 Å². The average molecular weight is 292 g/mol. The molecule has 0 bridgehead atoms. The number of aryl methyl sites for hydroxylation is 2. The molecule has 0 saturated heterocycles. The third kappa shape index (κ3) is 3.61. The summed E-state index contributed by atoms with van der Waals surface area (Å²) >= 11 is 0. The van der Waals surface area contributed by atoms with Gasteiger partial charge in [-0.25, -0.2) is 0 Å². The number of hydrogen-bond donors (Lipinski definition) is 0. The van der Waals surface area contributed by atoms with Crippen molar-refractivity contribution in [2.45, 2.75) is 13.8 Å². The van der Waals surface area contributed by atoms with Crippen LogP contribution in [-0.2, 0) is 9.59 Å². The first-order valence-corrected chi connectivity index (χ1v) is 6.83. The summed E-state index contributed by atoms with van der Waals surface area (Å²) in [7, 11) is 0. The highest BCUT2D eigenvalue weighted by Gasteiger charge is 2.04. The van der Waals surface area contributed by atoms with Crippen LogP contribution >= 0.6 is 0 Å². The van der Waals surface area contributed by atoms with Gasteiger partial charge in [-0.2, -0.15) is 0 Å². The summed E-state index contributed by atoms with van der Waals surface area (Å²) in [5, 5.41) is 0. The fraction of sp³-hybridized carbons (Fsp3) is 0.111. The van der Waals surface area contributed by atoms with Crippen LogP contribution < -0.4 is 0 Å². The van der Waals surface area contributed by atoms with E-state index in [0.717, 1.165) is 33.6 Å². The van der Waals surface area contributed by atoms with E-state index in [-0.39, 0.29) is 0 Å². The third-order valence-corrected chi connectivity index (χ3v) is 3.28. The Kier molecular flexibility index (Phi) is 5.09. The zero-order valence-electron chi connectivity index (χ0n) is 12.5. The minimum atomic E-state index is 0.662. The predicted octanol–water partition coefficient (Wildman–Crippen LogP) is 3.77. The number of aldehydes is 2. The summed E-state index contributed by atoms with van der Waals surface area (Å²) in [4.78, 5) is 28.8. The molecule has 0 aromatic heterocycles. The summed E-state index contributed by atoms with van der Waals surface area (Å²) in [5.74, 6) is 0. The first kappa shape index (κ1) is 15.5. The van der Waals surface area contributed by atoms with E-state index in [4.69, 9.17) is 0 Å². The molecule has 0 N–H and O–H groups in total. The molecule has 0 atom stereocenters. The van der Waals surface area contributed by atoms with Crippen LogP contribution in [0.5, 0.6) is 0 Å². The first-order valence-electron chi connectivity index (χ1n) is 6.83. The summed E-state index contributed by atoms with van der Waals surface area (Å²) in [5.41, 5.74) is 5.68. The molecule has 0 heterocycles. The monoisotopic (exact) mass is 292 g/mol. The van der Waals surface area contributed by atoms with Crippen LogP contribution in [0.4, 0.5) is 11.4 Å². The average Bonchev–Trinajstić information content (AvgIpc) is 2.52. The number of nitrogens with zero attached hydrogens (tertiary/aromatic N) is 2. The second kappa shape index (κ2) is 7.22. The molecule has 4 nitrogen and oxygen atoms in total. The SMILES string of the molecule is Cc1cc(-c2ccc(N=CC=O)c(C)c2)ccc1N=CC=O. The molecule has 0 aliphatic heterocycles. The van der Waals surface area contributed by atoms with E-state index in [1.165, 1.54) is 12.4 Å². The van der Waals surface area contributed by atoms with Crippen LogP contribution in [0.2, 0.25) is 0 Å². The van der Waals surface area contributed by atoms with Crippen molar-refractivity contribution in [2.24, 2.45) is 9.98 Å². The minimum Gasteiger partial charge on any atom is -0.297 e. The zero-order chi connectivity index (χ0) is 15.9. The summed E-state index contributed by atoms with van der Waals surface area (Å²) in [6.45, 7) is 3.91. The summed E-state index contributed by atoms with van der Waals surface area (Å²) in [6, 6.07) is 11.8. The van der Waals surface area contributed by atoms with E-state index >= 15 is 0 Å². The largest absolute Gasteiger partial charge is 0.297 e. The van der Waals surface area contributed by atoms with Crippen molar-refractivity contribution in [1.29, 1.82) is 0 Å². The molecule has 0 unspecified atom stereocenters. The van der Waals surface area contributed by atoms with Crippen molar-refractivity contribution in [3.8, 4) is 11.1 Å². The maximum atomic E-state index is 10.3. The fourth-order valence-corrected chi connectivity index (χ4v) is 2.18. The second-order valence-electron chi connectivity index (χ2n) is 4.83. The molecule has 0 saturated carbocycles. The Labute approximate surface area is 129 Å². The van der Waals surface area contributed by atoms with Crippen molar-refractivity contribution in [3.63, 3.8) is 0 Å². The van der Waals surface area contributed by atoms with Crippen molar-refractivity contribution in [1.82, 2.24) is 0 Å². The van der Waals surface area contributed by atoms with Gasteiger partial charge < -0.3 is 0 Å². The van der Waals surface area contributed by atoms with Crippen molar-refractivity contribution < 1.29 is 9.59 Å². The molecular weight excluding hydrogens is 276 g/mol. The molecule has 0 spiro atoms. The molecular formula is C18H16N2O2. The summed E-state index contributed by atoms with van der Waals surface area (Å²) in [6.07, 6.45) is 3.81. The van der Waals surface area contributed by atoms with E-state index in [1.807, 2.05) is 50.2 Å². The lowest BCUT2D eigenvalue weighted by Gasteiger charge is -2.08. The Balaban J connectivity index is 2.36. The van der Waals surface area contributed by atoms with Crippen molar-refractivity contribution >= 4 is 36.4 Å². The fourth-order valence-electron chi connectivity index (χ4n) is 2.18. The van der Waals surface area contributed by atoms with Crippen molar-refractivity contribution in [2.75, 3.05) is 0 Å². The van der Waals surface area contributed by atoms with Gasteiger partial charge in [0, 0.05) is 0 Å². The predicted molar refractivity (Wildman–Crippen MR) is 89.8 cm³/mol. The zero-order valence-corrected chi connectivity index (χ0v) is 12.5. The first-order chi connectivity index (χ1) is 10.7. The normalized spacial score (nSPS) is 11.2. The van der Waals surface area contributed by atoms with Crippen LogP contribution in [-0.4, -0.2) is 25.0 Å². The van der Waals surface area contributed by atoms with E-state index in [2.05, 4.69) is 9.98 Å². The molecule has 0 radical (unpaired) electrons. The second-order valence-corrected chi connectivity index (χ2v) is 4.83. The molecule has 110 valence electrons. The number of rotatable bonds is 5. The van der Waals surface area contributed by atoms with Gasteiger partial charge in [0.25, 0.3) is 0 Å². The lowest BCUT2D eigenvalue weighted by atomic mass is 10.00. The molecule has 2 rings (SSSR count). The highest BCUT2D eigenvalue weighted by atomic mass is 16.1. The van der Waals surface area contributed by atoms with E-state index < -0.39 is 0 Å². The third-order valence-electron chi connectivity index (χ3n) is 3.28. The maximum absolute atomic E-state index is 10.3. The topological polar surface area (TPSA) is 58.9 Å². The van der Waals surface area contributed by atoms with E-state index in [0.29, 0.717) is 12.6 Å². The molecule has 0 aliphatic carbocycles. The molecule has 4 heteroatoms. The number of hydrogen-bond acceptors (Lipinski definition) is 4. The van der Waals surface area contributed by atoms with Gasteiger partial charge in [-0.1, -0.05) is 12.1 Å². The quantitative estimate of drug-likeness (QED) is 0.622. The van der Waals surface area contributed by atoms with Crippen LogP contribution in [0.1, 0.15) is 11.1 Å². The highest BCUT2D eigenvalue weighted by molar-refractivity contribution is 6.14. The van der Waals surface area contributed by atoms with Crippen molar-refractivity contribution in [3.05, 3.63) is 47.5 Å². The van der Waals surface area contributed by atoms with E-state index in [9.17, 15) is 9.59 Å². The lowest BCUT2D eigenvalue weighted by molar-refractivity contribution is -0.103. The molecule has 0 amide bonds. The van der Waals surface area contributed by atoms with Gasteiger partial charge in [-0.15, -0.1) is 0 Å². The maximum Gasteiger partial charge on any atom is 0.161 e. The molecule has 0 fully saturated rings. The number of benzene rings is 2. The van der Waals surface area contributed by atoms with Gasteiger partial charge in [0.2, 0.25) is 0 Å².